The van der Waals surface area contributed by atoms with E-state index in [9.17, 15) is 14.4 Å². The maximum atomic E-state index is 11.7. The first-order valence-electron chi connectivity index (χ1n) is 6.61. The minimum Gasteiger partial charge on any atom is -0.482 e. The molecule has 21 heavy (non-hydrogen) atoms. The van der Waals surface area contributed by atoms with Crippen molar-refractivity contribution in [1.82, 2.24) is 10.6 Å². The first-order valence-corrected chi connectivity index (χ1v) is 6.61. The molecule has 1 aliphatic heterocycles. The SMILES string of the molecule is CC(=O)NCCNC(=O)Cc1ccc2c(c1)NC(=O)CO2. The van der Waals surface area contributed by atoms with Crippen molar-refractivity contribution in [3.8, 4) is 5.75 Å². The fourth-order valence-corrected chi connectivity index (χ4v) is 1.93. The van der Waals surface area contributed by atoms with Gasteiger partial charge in [-0.05, 0) is 17.7 Å². The van der Waals surface area contributed by atoms with E-state index in [1.54, 1.807) is 18.2 Å². The number of carbonyl (C=O) groups is 3. The molecule has 0 unspecified atom stereocenters. The topological polar surface area (TPSA) is 96.5 Å². The minimum absolute atomic E-state index is 0.00990. The van der Waals surface area contributed by atoms with Gasteiger partial charge in [0.15, 0.2) is 6.61 Å². The highest BCUT2D eigenvalue weighted by atomic mass is 16.5. The average Bonchev–Trinajstić information content (AvgIpc) is 2.43. The number of ether oxygens (including phenoxy) is 1. The van der Waals surface area contributed by atoms with E-state index in [-0.39, 0.29) is 30.7 Å². The van der Waals surface area contributed by atoms with Crippen molar-refractivity contribution in [2.24, 2.45) is 0 Å². The number of nitrogens with one attached hydrogen (secondary N) is 3. The van der Waals surface area contributed by atoms with Crippen LogP contribution in [-0.4, -0.2) is 37.4 Å². The number of anilines is 1. The lowest BCUT2D eigenvalue weighted by Crippen LogP contribution is -2.34. The van der Waals surface area contributed by atoms with Gasteiger partial charge in [-0.25, -0.2) is 0 Å². The summed E-state index contributed by atoms with van der Waals surface area (Å²) in [4.78, 5) is 33.7. The van der Waals surface area contributed by atoms with Crippen molar-refractivity contribution in [3.05, 3.63) is 23.8 Å². The average molecular weight is 291 g/mol. The van der Waals surface area contributed by atoms with Crippen molar-refractivity contribution in [2.75, 3.05) is 25.0 Å². The van der Waals surface area contributed by atoms with Crippen molar-refractivity contribution in [2.45, 2.75) is 13.3 Å². The van der Waals surface area contributed by atoms with Gasteiger partial charge in [0.05, 0.1) is 12.1 Å². The Morgan fingerprint density at radius 3 is 2.81 bits per heavy atom. The molecule has 3 amide bonds. The number of carbonyl (C=O) groups excluding carboxylic acids is 3. The van der Waals surface area contributed by atoms with Crippen molar-refractivity contribution in [3.63, 3.8) is 0 Å². The minimum atomic E-state index is -0.209. The summed E-state index contributed by atoms with van der Waals surface area (Å²) in [6.07, 6.45) is 0.198. The van der Waals surface area contributed by atoms with E-state index in [1.807, 2.05) is 0 Å². The lowest BCUT2D eigenvalue weighted by atomic mass is 10.1. The third-order valence-electron chi connectivity index (χ3n) is 2.86. The molecule has 1 aliphatic rings. The van der Waals surface area contributed by atoms with Crippen LogP contribution >= 0.6 is 0 Å². The zero-order chi connectivity index (χ0) is 15.2. The van der Waals surface area contributed by atoms with Crippen LogP contribution in [-0.2, 0) is 20.8 Å². The van der Waals surface area contributed by atoms with Crippen LogP contribution in [0.2, 0.25) is 0 Å². The molecule has 112 valence electrons. The summed E-state index contributed by atoms with van der Waals surface area (Å²) >= 11 is 0. The molecule has 0 saturated carbocycles. The predicted molar refractivity (Wildman–Crippen MR) is 76.0 cm³/mol. The quantitative estimate of drug-likeness (QED) is 0.655. The first kappa shape index (κ1) is 14.8. The fourth-order valence-electron chi connectivity index (χ4n) is 1.93. The highest BCUT2D eigenvalue weighted by molar-refractivity contribution is 5.95. The monoisotopic (exact) mass is 291 g/mol. The van der Waals surface area contributed by atoms with Gasteiger partial charge in [0.2, 0.25) is 11.8 Å². The largest absolute Gasteiger partial charge is 0.482 e. The molecular formula is C14H17N3O4. The van der Waals surface area contributed by atoms with Crippen LogP contribution in [0.25, 0.3) is 0 Å². The Kier molecular flexibility index (Phi) is 4.76. The summed E-state index contributed by atoms with van der Waals surface area (Å²) in [6.45, 7) is 2.21. The highest BCUT2D eigenvalue weighted by Gasteiger charge is 2.16. The van der Waals surface area contributed by atoms with Gasteiger partial charge in [-0.15, -0.1) is 0 Å². The van der Waals surface area contributed by atoms with Crippen LogP contribution in [0.1, 0.15) is 12.5 Å². The second kappa shape index (κ2) is 6.74. The number of amides is 3. The maximum Gasteiger partial charge on any atom is 0.262 e. The normalized spacial score (nSPS) is 12.7. The van der Waals surface area contributed by atoms with Crippen molar-refractivity contribution >= 4 is 23.4 Å². The molecule has 2 rings (SSSR count). The Bertz CT molecular complexity index is 571. The molecule has 0 spiro atoms. The Hall–Kier alpha value is -2.57. The maximum absolute atomic E-state index is 11.7. The molecule has 0 atom stereocenters. The number of hydrogen-bond donors (Lipinski definition) is 3. The molecule has 0 aliphatic carbocycles. The zero-order valence-corrected chi connectivity index (χ0v) is 11.7. The number of rotatable bonds is 5. The summed E-state index contributed by atoms with van der Waals surface area (Å²) < 4.78 is 5.24. The summed E-state index contributed by atoms with van der Waals surface area (Å²) in [5.74, 6) is 0.113. The Morgan fingerprint density at radius 2 is 2.05 bits per heavy atom. The third kappa shape index (κ3) is 4.48. The van der Waals surface area contributed by atoms with Crippen LogP contribution in [0.15, 0.2) is 18.2 Å². The first-order chi connectivity index (χ1) is 10.0. The van der Waals surface area contributed by atoms with E-state index in [1.165, 1.54) is 6.92 Å². The van der Waals surface area contributed by atoms with E-state index in [2.05, 4.69) is 16.0 Å². The third-order valence-corrected chi connectivity index (χ3v) is 2.86. The number of fused-ring (bicyclic) bond motifs is 1. The molecule has 0 fully saturated rings. The van der Waals surface area contributed by atoms with E-state index in [0.29, 0.717) is 24.5 Å². The molecule has 1 aromatic rings. The van der Waals surface area contributed by atoms with Crippen LogP contribution in [0.3, 0.4) is 0 Å². The smallest absolute Gasteiger partial charge is 0.262 e. The van der Waals surface area contributed by atoms with Gasteiger partial charge in [-0.1, -0.05) is 6.07 Å². The van der Waals surface area contributed by atoms with E-state index in [4.69, 9.17) is 4.74 Å². The van der Waals surface area contributed by atoms with Gasteiger partial charge in [0, 0.05) is 20.0 Å². The molecule has 0 saturated heterocycles. The van der Waals surface area contributed by atoms with E-state index < -0.39 is 0 Å². The van der Waals surface area contributed by atoms with Crippen LogP contribution < -0.4 is 20.7 Å². The van der Waals surface area contributed by atoms with E-state index in [0.717, 1.165) is 5.56 Å². The molecule has 0 aromatic heterocycles. The summed E-state index contributed by atoms with van der Waals surface area (Å²) in [6, 6.07) is 5.23. The van der Waals surface area contributed by atoms with Gasteiger partial charge in [0.1, 0.15) is 5.75 Å². The Balaban J connectivity index is 1.85. The molecule has 7 heteroatoms. The summed E-state index contributed by atoms with van der Waals surface area (Å²) in [7, 11) is 0. The van der Waals surface area contributed by atoms with Gasteiger partial charge < -0.3 is 20.7 Å². The standard InChI is InChI=1S/C14H17N3O4/c1-9(18)15-4-5-16-13(19)7-10-2-3-12-11(6-10)17-14(20)8-21-12/h2-3,6H,4-5,7-8H2,1H3,(H,15,18)(H,16,19)(H,17,20). The zero-order valence-electron chi connectivity index (χ0n) is 11.7. The Labute approximate surface area is 122 Å². The van der Waals surface area contributed by atoms with Gasteiger partial charge in [0.25, 0.3) is 5.91 Å². The van der Waals surface area contributed by atoms with Crippen LogP contribution in [0.4, 0.5) is 5.69 Å². The number of benzene rings is 1. The van der Waals surface area contributed by atoms with Crippen molar-refractivity contribution < 1.29 is 19.1 Å². The lowest BCUT2D eigenvalue weighted by Gasteiger charge is -2.18. The summed E-state index contributed by atoms with van der Waals surface area (Å²) in [5.41, 5.74) is 1.35. The second-order valence-electron chi connectivity index (χ2n) is 4.68. The molecule has 0 radical (unpaired) electrons. The molecule has 1 aromatic carbocycles. The van der Waals surface area contributed by atoms with Gasteiger partial charge in [-0.3, -0.25) is 14.4 Å². The Morgan fingerprint density at radius 1 is 1.29 bits per heavy atom. The highest BCUT2D eigenvalue weighted by Crippen LogP contribution is 2.28. The molecule has 7 nitrogen and oxygen atoms in total. The van der Waals surface area contributed by atoms with Gasteiger partial charge >= 0.3 is 0 Å². The number of hydrogen-bond acceptors (Lipinski definition) is 4. The molecule has 3 N–H and O–H groups in total. The van der Waals surface area contributed by atoms with Crippen LogP contribution in [0, 0.1) is 0 Å². The molecule has 0 bridgehead atoms. The summed E-state index contributed by atoms with van der Waals surface area (Å²) in [5, 5.41) is 7.99. The fraction of sp³-hybridized carbons (Fsp3) is 0.357. The van der Waals surface area contributed by atoms with Crippen LogP contribution in [0.5, 0.6) is 5.75 Å². The predicted octanol–water partition coefficient (Wildman–Crippen LogP) is -0.188. The second-order valence-corrected chi connectivity index (χ2v) is 4.68. The molecule has 1 heterocycles. The lowest BCUT2D eigenvalue weighted by molar-refractivity contribution is -0.121. The van der Waals surface area contributed by atoms with E-state index >= 15 is 0 Å². The van der Waals surface area contributed by atoms with Crippen molar-refractivity contribution in [1.29, 1.82) is 0 Å². The van der Waals surface area contributed by atoms with Gasteiger partial charge in [-0.2, -0.15) is 0 Å². The molecular weight excluding hydrogens is 274 g/mol.